The van der Waals surface area contributed by atoms with Gasteiger partial charge in [0.1, 0.15) is 5.75 Å². The van der Waals surface area contributed by atoms with Crippen molar-refractivity contribution in [3.8, 4) is 5.75 Å². The summed E-state index contributed by atoms with van der Waals surface area (Å²) in [6.07, 6.45) is 3.03. The van der Waals surface area contributed by atoms with Gasteiger partial charge in [0.2, 0.25) is 5.91 Å². The summed E-state index contributed by atoms with van der Waals surface area (Å²) in [5.74, 6) is 0.974. The van der Waals surface area contributed by atoms with Crippen LogP contribution in [-0.4, -0.2) is 62.0 Å². The normalized spacial score (nSPS) is 20.4. The van der Waals surface area contributed by atoms with Crippen molar-refractivity contribution in [1.82, 2.24) is 9.80 Å². The number of carbonyl (C=O) groups is 1. The molecule has 3 rings (SSSR count). The molecule has 27 heavy (non-hydrogen) atoms. The highest BCUT2D eigenvalue weighted by atomic mass is 19.3. The van der Waals surface area contributed by atoms with Crippen molar-refractivity contribution in [1.29, 1.82) is 0 Å². The highest BCUT2D eigenvalue weighted by molar-refractivity contribution is 5.89. The highest BCUT2D eigenvalue weighted by Gasteiger charge is 2.45. The summed E-state index contributed by atoms with van der Waals surface area (Å²) in [6.45, 7) is 1.08. The summed E-state index contributed by atoms with van der Waals surface area (Å²) in [5, 5.41) is 0. The van der Waals surface area contributed by atoms with Gasteiger partial charge in [-0.15, -0.1) is 0 Å². The third-order valence-electron chi connectivity index (χ3n) is 6.29. The molecule has 0 radical (unpaired) electrons. The molecule has 1 heterocycles. The standard InChI is InChI=1S/C21H30F2N2O2/c1-24(15-19(22)23)17-8-12-25(13-9-17)20(26)21(10-3-4-11-21)16-6-5-7-18(14-16)27-2/h5-7,14,17,19H,3-4,8-13,15H2,1-2H3. The Morgan fingerprint density at radius 2 is 1.96 bits per heavy atom. The van der Waals surface area contributed by atoms with Crippen molar-refractivity contribution in [2.24, 2.45) is 0 Å². The zero-order valence-corrected chi connectivity index (χ0v) is 16.3. The quantitative estimate of drug-likeness (QED) is 0.755. The first-order valence-electron chi connectivity index (χ1n) is 9.88. The van der Waals surface area contributed by atoms with Crippen LogP contribution >= 0.6 is 0 Å². The van der Waals surface area contributed by atoms with Gasteiger partial charge in [-0.25, -0.2) is 8.78 Å². The third kappa shape index (κ3) is 4.26. The molecule has 0 bridgehead atoms. The van der Waals surface area contributed by atoms with E-state index in [-0.39, 0.29) is 18.5 Å². The summed E-state index contributed by atoms with van der Waals surface area (Å²) in [4.78, 5) is 17.2. The maximum Gasteiger partial charge on any atom is 0.251 e. The molecule has 1 aliphatic heterocycles. The Hall–Kier alpha value is -1.69. The summed E-state index contributed by atoms with van der Waals surface area (Å²) in [7, 11) is 3.39. The zero-order valence-electron chi connectivity index (χ0n) is 16.3. The van der Waals surface area contributed by atoms with E-state index in [2.05, 4.69) is 0 Å². The van der Waals surface area contributed by atoms with E-state index in [1.165, 1.54) is 0 Å². The highest BCUT2D eigenvalue weighted by Crippen LogP contribution is 2.44. The van der Waals surface area contributed by atoms with Crippen LogP contribution < -0.4 is 4.74 Å². The molecule has 1 aliphatic carbocycles. The lowest BCUT2D eigenvalue weighted by Gasteiger charge is -2.41. The number of halogens is 2. The lowest BCUT2D eigenvalue weighted by molar-refractivity contribution is -0.139. The van der Waals surface area contributed by atoms with Crippen LogP contribution in [-0.2, 0) is 10.2 Å². The first-order valence-corrected chi connectivity index (χ1v) is 9.88. The van der Waals surface area contributed by atoms with Gasteiger partial charge in [-0.05, 0) is 50.4 Å². The van der Waals surface area contributed by atoms with Crippen molar-refractivity contribution < 1.29 is 18.3 Å². The lowest BCUT2D eigenvalue weighted by Crippen LogP contribution is -2.51. The fourth-order valence-corrected chi connectivity index (χ4v) is 4.70. The molecule has 0 atom stereocenters. The smallest absolute Gasteiger partial charge is 0.251 e. The number of methoxy groups -OCH3 is 1. The van der Waals surface area contributed by atoms with E-state index in [9.17, 15) is 13.6 Å². The van der Waals surface area contributed by atoms with E-state index in [0.29, 0.717) is 13.1 Å². The van der Waals surface area contributed by atoms with Crippen LogP contribution in [0.4, 0.5) is 8.78 Å². The largest absolute Gasteiger partial charge is 0.497 e. The molecular weight excluding hydrogens is 350 g/mol. The van der Waals surface area contributed by atoms with Gasteiger partial charge < -0.3 is 9.64 Å². The van der Waals surface area contributed by atoms with Crippen molar-refractivity contribution in [2.45, 2.75) is 56.4 Å². The minimum absolute atomic E-state index is 0.124. The van der Waals surface area contributed by atoms with E-state index in [1.807, 2.05) is 29.2 Å². The van der Waals surface area contributed by atoms with Gasteiger partial charge in [0.15, 0.2) is 0 Å². The SMILES string of the molecule is COc1cccc(C2(C(=O)N3CCC(N(C)CC(F)F)CC3)CCCC2)c1. The molecule has 0 unspecified atom stereocenters. The fourth-order valence-electron chi connectivity index (χ4n) is 4.70. The van der Waals surface area contributed by atoms with E-state index < -0.39 is 11.8 Å². The Balaban J connectivity index is 1.71. The van der Waals surface area contributed by atoms with Gasteiger partial charge in [-0.2, -0.15) is 0 Å². The summed E-state index contributed by atoms with van der Waals surface area (Å²) >= 11 is 0. The van der Waals surface area contributed by atoms with E-state index in [4.69, 9.17) is 4.74 Å². The molecular formula is C21H30F2N2O2. The van der Waals surface area contributed by atoms with Crippen LogP contribution in [0.25, 0.3) is 0 Å². The van der Waals surface area contributed by atoms with Crippen molar-refractivity contribution in [3.05, 3.63) is 29.8 Å². The van der Waals surface area contributed by atoms with E-state index in [1.54, 1.807) is 19.1 Å². The van der Waals surface area contributed by atoms with Gasteiger partial charge in [-0.3, -0.25) is 9.69 Å². The van der Waals surface area contributed by atoms with Crippen LogP contribution in [0.3, 0.4) is 0 Å². The van der Waals surface area contributed by atoms with Crippen LogP contribution in [0.2, 0.25) is 0 Å². The predicted molar refractivity (Wildman–Crippen MR) is 101 cm³/mol. The second-order valence-electron chi connectivity index (χ2n) is 7.88. The van der Waals surface area contributed by atoms with E-state index in [0.717, 1.165) is 49.8 Å². The Labute approximate surface area is 160 Å². The first-order chi connectivity index (χ1) is 13.0. The first kappa shape index (κ1) is 20.1. The number of hydrogen-bond acceptors (Lipinski definition) is 3. The summed E-state index contributed by atoms with van der Waals surface area (Å²) < 4.78 is 30.6. The number of alkyl halides is 2. The number of nitrogens with zero attached hydrogens (tertiary/aromatic N) is 2. The van der Waals surface area contributed by atoms with E-state index >= 15 is 0 Å². The zero-order chi connectivity index (χ0) is 19.4. The van der Waals surface area contributed by atoms with Gasteiger partial charge in [-0.1, -0.05) is 25.0 Å². The van der Waals surface area contributed by atoms with Gasteiger partial charge in [0, 0.05) is 19.1 Å². The molecule has 1 saturated heterocycles. The maximum absolute atomic E-state index is 13.5. The molecule has 2 fully saturated rings. The van der Waals surface area contributed by atoms with Crippen LogP contribution in [0, 0.1) is 0 Å². The van der Waals surface area contributed by atoms with Crippen LogP contribution in [0.5, 0.6) is 5.75 Å². The maximum atomic E-state index is 13.5. The number of amides is 1. The molecule has 0 N–H and O–H groups in total. The van der Waals surface area contributed by atoms with Crippen molar-refractivity contribution >= 4 is 5.91 Å². The third-order valence-corrected chi connectivity index (χ3v) is 6.29. The summed E-state index contributed by atoms with van der Waals surface area (Å²) in [6, 6.07) is 8.01. The lowest BCUT2D eigenvalue weighted by atomic mass is 9.77. The minimum atomic E-state index is -2.32. The number of rotatable bonds is 6. The molecule has 150 valence electrons. The molecule has 2 aliphatic rings. The van der Waals surface area contributed by atoms with Gasteiger partial charge in [0.25, 0.3) is 6.43 Å². The molecule has 1 amide bonds. The van der Waals surface area contributed by atoms with Crippen LogP contribution in [0.15, 0.2) is 24.3 Å². The molecule has 6 heteroatoms. The molecule has 1 aromatic carbocycles. The van der Waals surface area contributed by atoms with Crippen molar-refractivity contribution in [3.63, 3.8) is 0 Å². The number of carbonyl (C=O) groups excluding carboxylic acids is 1. The predicted octanol–water partition coefficient (Wildman–Crippen LogP) is 3.69. The number of ether oxygens (including phenoxy) is 1. The summed E-state index contributed by atoms with van der Waals surface area (Å²) in [5.41, 5.74) is 0.581. The number of hydrogen-bond donors (Lipinski definition) is 0. The second kappa shape index (κ2) is 8.55. The Morgan fingerprint density at radius 3 is 2.56 bits per heavy atom. The molecule has 4 nitrogen and oxygen atoms in total. The van der Waals surface area contributed by atoms with Crippen molar-refractivity contribution in [2.75, 3.05) is 33.8 Å². The topological polar surface area (TPSA) is 32.8 Å². The number of benzene rings is 1. The molecule has 0 aromatic heterocycles. The number of piperidine rings is 1. The van der Waals surface area contributed by atoms with Gasteiger partial charge in [0.05, 0.1) is 19.1 Å². The number of likely N-dealkylation sites (tertiary alicyclic amines) is 1. The monoisotopic (exact) mass is 380 g/mol. The Kier molecular flexibility index (Phi) is 6.35. The Bertz CT molecular complexity index is 639. The van der Waals surface area contributed by atoms with Crippen LogP contribution in [0.1, 0.15) is 44.1 Å². The molecule has 1 aromatic rings. The second-order valence-corrected chi connectivity index (χ2v) is 7.88. The Morgan fingerprint density at radius 1 is 1.30 bits per heavy atom. The average molecular weight is 380 g/mol. The molecule has 1 saturated carbocycles. The fraction of sp³-hybridized carbons (Fsp3) is 0.667. The molecule has 0 spiro atoms. The minimum Gasteiger partial charge on any atom is -0.497 e. The average Bonchev–Trinajstić information content (AvgIpc) is 3.18. The van der Waals surface area contributed by atoms with Gasteiger partial charge >= 0.3 is 0 Å².